The first kappa shape index (κ1) is 19.2. The van der Waals surface area contributed by atoms with Crippen molar-refractivity contribution in [3.63, 3.8) is 0 Å². The molecule has 8 nitrogen and oxygen atoms in total. The van der Waals surface area contributed by atoms with Crippen LogP contribution in [0, 0.1) is 16.0 Å². The molecule has 0 unspecified atom stereocenters. The quantitative estimate of drug-likeness (QED) is 0.436. The van der Waals surface area contributed by atoms with Gasteiger partial charge in [0.15, 0.2) is 0 Å². The second kappa shape index (κ2) is 8.43. The molecular formula is C20H20N4O4. The zero-order chi connectivity index (χ0) is 20.1. The highest BCUT2D eigenvalue weighted by Gasteiger charge is 2.29. The SMILES string of the molecule is CC(=NNC(=O)Cc1ccc([N+](=O)[O-])cc1)c1ccc(NC(=O)C2CC2)cc1. The molecule has 2 aromatic carbocycles. The van der Waals surface area contributed by atoms with Crippen LogP contribution in [-0.2, 0) is 16.0 Å². The van der Waals surface area contributed by atoms with E-state index in [-0.39, 0.29) is 29.8 Å². The molecule has 0 heterocycles. The van der Waals surface area contributed by atoms with Gasteiger partial charge in [-0.05, 0) is 43.0 Å². The van der Waals surface area contributed by atoms with Gasteiger partial charge in [-0.25, -0.2) is 5.43 Å². The van der Waals surface area contributed by atoms with Crippen molar-refractivity contribution < 1.29 is 14.5 Å². The fourth-order valence-electron chi connectivity index (χ4n) is 2.56. The average molecular weight is 380 g/mol. The summed E-state index contributed by atoms with van der Waals surface area (Å²) in [6, 6.07) is 13.1. The molecular weight excluding hydrogens is 360 g/mol. The third-order valence-corrected chi connectivity index (χ3v) is 4.38. The maximum atomic E-state index is 12.0. The number of anilines is 1. The van der Waals surface area contributed by atoms with Crippen molar-refractivity contribution in [3.05, 3.63) is 69.8 Å². The van der Waals surface area contributed by atoms with E-state index >= 15 is 0 Å². The molecule has 2 amide bonds. The van der Waals surface area contributed by atoms with E-state index in [9.17, 15) is 19.7 Å². The minimum Gasteiger partial charge on any atom is -0.326 e. The van der Waals surface area contributed by atoms with Crippen molar-refractivity contribution in [2.45, 2.75) is 26.2 Å². The van der Waals surface area contributed by atoms with Gasteiger partial charge in [0.25, 0.3) is 5.69 Å². The summed E-state index contributed by atoms with van der Waals surface area (Å²) in [4.78, 5) is 33.9. The monoisotopic (exact) mass is 380 g/mol. The molecule has 0 bridgehead atoms. The third-order valence-electron chi connectivity index (χ3n) is 4.38. The van der Waals surface area contributed by atoms with E-state index in [1.165, 1.54) is 12.1 Å². The number of nitro groups is 1. The van der Waals surface area contributed by atoms with Crippen LogP contribution in [0.15, 0.2) is 53.6 Å². The molecule has 8 heteroatoms. The summed E-state index contributed by atoms with van der Waals surface area (Å²) in [5.41, 5.74) is 5.30. The molecule has 0 saturated heterocycles. The number of carbonyl (C=O) groups excluding carboxylic acids is 2. The molecule has 28 heavy (non-hydrogen) atoms. The molecule has 1 fully saturated rings. The predicted octanol–water partition coefficient (Wildman–Crippen LogP) is 3.03. The number of hydrogen-bond donors (Lipinski definition) is 2. The minimum absolute atomic E-state index is 0.0187. The Labute approximate surface area is 161 Å². The summed E-state index contributed by atoms with van der Waals surface area (Å²) in [6.07, 6.45) is 1.98. The number of amides is 2. The van der Waals surface area contributed by atoms with Crippen LogP contribution >= 0.6 is 0 Å². The van der Waals surface area contributed by atoms with Crippen LogP contribution in [0.4, 0.5) is 11.4 Å². The van der Waals surface area contributed by atoms with Crippen molar-refractivity contribution in [2.24, 2.45) is 11.0 Å². The van der Waals surface area contributed by atoms with Gasteiger partial charge in [0, 0.05) is 23.7 Å². The van der Waals surface area contributed by atoms with E-state index in [0.29, 0.717) is 11.3 Å². The maximum absolute atomic E-state index is 12.0. The van der Waals surface area contributed by atoms with Gasteiger partial charge in [-0.3, -0.25) is 19.7 Å². The van der Waals surface area contributed by atoms with Crippen LogP contribution in [-0.4, -0.2) is 22.4 Å². The highest BCUT2D eigenvalue weighted by atomic mass is 16.6. The van der Waals surface area contributed by atoms with E-state index in [2.05, 4.69) is 15.8 Å². The highest BCUT2D eigenvalue weighted by Crippen LogP contribution is 2.30. The Morgan fingerprint density at radius 2 is 1.75 bits per heavy atom. The van der Waals surface area contributed by atoms with Crippen LogP contribution < -0.4 is 10.7 Å². The first-order chi connectivity index (χ1) is 13.4. The molecule has 2 aromatic rings. The lowest BCUT2D eigenvalue weighted by molar-refractivity contribution is -0.384. The lowest BCUT2D eigenvalue weighted by Gasteiger charge is -2.06. The first-order valence-corrected chi connectivity index (χ1v) is 8.90. The van der Waals surface area contributed by atoms with E-state index in [0.717, 1.165) is 24.1 Å². The Morgan fingerprint density at radius 1 is 1.11 bits per heavy atom. The van der Waals surface area contributed by atoms with Gasteiger partial charge in [0.1, 0.15) is 0 Å². The Hall–Kier alpha value is -3.55. The molecule has 3 rings (SSSR count). The highest BCUT2D eigenvalue weighted by molar-refractivity contribution is 6.00. The molecule has 1 aliphatic rings. The third kappa shape index (κ3) is 5.23. The van der Waals surface area contributed by atoms with Gasteiger partial charge in [-0.2, -0.15) is 5.10 Å². The number of nitrogens with zero attached hydrogens (tertiary/aromatic N) is 2. The van der Waals surface area contributed by atoms with Crippen LogP contribution in [0.2, 0.25) is 0 Å². The summed E-state index contributed by atoms with van der Waals surface area (Å²) in [5, 5.41) is 17.6. The molecule has 1 saturated carbocycles. The van der Waals surface area contributed by atoms with Crippen LogP contribution in [0.5, 0.6) is 0 Å². The normalized spacial score (nSPS) is 13.7. The average Bonchev–Trinajstić information content (AvgIpc) is 3.52. The Kier molecular flexibility index (Phi) is 5.78. The number of benzene rings is 2. The molecule has 2 N–H and O–H groups in total. The summed E-state index contributed by atoms with van der Waals surface area (Å²) in [5.74, 6) is -0.118. The fourth-order valence-corrected chi connectivity index (χ4v) is 2.56. The smallest absolute Gasteiger partial charge is 0.269 e. The van der Waals surface area contributed by atoms with Crippen molar-refractivity contribution in [2.75, 3.05) is 5.32 Å². The fraction of sp³-hybridized carbons (Fsp3) is 0.250. The van der Waals surface area contributed by atoms with Gasteiger partial charge in [0.05, 0.1) is 17.1 Å². The Balaban J connectivity index is 1.53. The van der Waals surface area contributed by atoms with E-state index in [1.54, 1.807) is 31.2 Å². The molecule has 0 radical (unpaired) electrons. The van der Waals surface area contributed by atoms with Crippen LogP contribution in [0.1, 0.15) is 30.9 Å². The summed E-state index contributed by atoms with van der Waals surface area (Å²) < 4.78 is 0. The van der Waals surface area contributed by atoms with Crippen molar-refractivity contribution in [3.8, 4) is 0 Å². The number of non-ortho nitro benzene ring substituents is 1. The topological polar surface area (TPSA) is 114 Å². The van der Waals surface area contributed by atoms with Crippen LogP contribution in [0.25, 0.3) is 0 Å². The molecule has 0 atom stereocenters. The molecule has 0 aromatic heterocycles. The molecule has 0 aliphatic heterocycles. The van der Waals surface area contributed by atoms with E-state index in [4.69, 9.17) is 0 Å². The first-order valence-electron chi connectivity index (χ1n) is 8.90. The lowest BCUT2D eigenvalue weighted by Crippen LogP contribution is -2.21. The second-order valence-corrected chi connectivity index (χ2v) is 6.67. The van der Waals surface area contributed by atoms with Crippen LogP contribution in [0.3, 0.4) is 0 Å². The second-order valence-electron chi connectivity index (χ2n) is 6.67. The van der Waals surface area contributed by atoms with Gasteiger partial charge in [-0.15, -0.1) is 0 Å². The summed E-state index contributed by atoms with van der Waals surface area (Å²) in [7, 11) is 0. The zero-order valence-electron chi connectivity index (χ0n) is 15.3. The van der Waals surface area contributed by atoms with Crippen molar-refractivity contribution in [1.29, 1.82) is 0 Å². The zero-order valence-corrected chi connectivity index (χ0v) is 15.3. The maximum Gasteiger partial charge on any atom is 0.269 e. The molecule has 1 aliphatic carbocycles. The van der Waals surface area contributed by atoms with E-state index in [1.807, 2.05) is 12.1 Å². The number of hydrazone groups is 1. The van der Waals surface area contributed by atoms with Gasteiger partial charge < -0.3 is 5.32 Å². The number of nitro benzene ring substituents is 1. The van der Waals surface area contributed by atoms with Crippen molar-refractivity contribution in [1.82, 2.24) is 5.43 Å². The Morgan fingerprint density at radius 3 is 2.32 bits per heavy atom. The number of hydrogen-bond acceptors (Lipinski definition) is 5. The van der Waals surface area contributed by atoms with Gasteiger partial charge in [-0.1, -0.05) is 24.3 Å². The van der Waals surface area contributed by atoms with Gasteiger partial charge >= 0.3 is 0 Å². The number of nitrogens with one attached hydrogen (secondary N) is 2. The lowest BCUT2D eigenvalue weighted by atomic mass is 10.1. The largest absolute Gasteiger partial charge is 0.326 e. The molecule has 144 valence electrons. The van der Waals surface area contributed by atoms with E-state index < -0.39 is 4.92 Å². The predicted molar refractivity (Wildman–Crippen MR) is 105 cm³/mol. The number of carbonyl (C=O) groups is 2. The molecule has 0 spiro atoms. The number of rotatable bonds is 7. The standard InChI is InChI=1S/C20H20N4O4/c1-13(15-6-8-17(9-7-15)21-20(26)16-4-5-16)22-23-19(25)12-14-2-10-18(11-3-14)24(27)28/h2-3,6-11,16H,4-5,12H2,1H3,(H,21,26)(H,23,25). The summed E-state index contributed by atoms with van der Waals surface area (Å²) >= 11 is 0. The minimum atomic E-state index is -0.486. The Bertz CT molecular complexity index is 916. The van der Waals surface area contributed by atoms with Gasteiger partial charge in [0.2, 0.25) is 11.8 Å². The van der Waals surface area contributed by atoms with Crippen molar-refractivity contribution >= 4 is 28.9 Å². The summed E-state index contributed by atoms with van der Waals surface area (Å²) in [6.45, 7) is 1.77.